The van der Waals surface area contributed by atoms with Crippen LogP contribution in [0.2, 0.25) is 0 Å². The second-order valence-corrected chi connectivity index (χ2v) is 9.21. The van der Waals surface area contributed by atoms with Gasteiger partial charge in [-0.2, -0.15) is 0 Å². The molecule has 0 spiro atoms. The fraction of sp³-hybridized carbons (Fsp3) is 0.421. The lowest BCUT2D eigenvalue weighted by Crippen LogP contribution is -2.34. The Morgan fingerprint density at radius 3 is 2.48 bits per heavy atom. The van der Waals surface area contributed by atoms with Gasteiger partial charge in [0.15, 0.2) is 0 Å². The second kappa shape index (κ2) is 7.75. The van der Waals surface area contributed by atoms with Crippen molar-refractivity contribution < 1.29 is 13.2 Å². The van der Waals surface area contributed by atoms with Gasteiger partial charge in [0.2, 0.25) is 10.0 Å². The first-order valence-corrected chi connectivity index (χ1v) is 10.2. The maximum atomic E-state index is 13.1. The number of carbonyl (C=O) groups excluding carboxylic acids is 1. The molecular weight excluding hydrogens is 386 g/mol. The summed E-state index contributed by atoms with van der Waals surface area (Å²) in [6, 6.07) is 8.47. The summed E-state index contributed by atoms with van der Waals surface area (Å²) in [5, 5.41) is 1.28. The van der Waals surface area contributed by atoms with E-state index < -0.39 is 10.0 Å². The van der Waals surface area contributed by atoms with Gasteiger partial charge in [-0.25, -0.2) is 12.7 Å². The molecule has 148 valence electrons. The van der Waals surface area contributed by atoms with Gasteiger partial charge in [-0.05, 0) is 30.5 Å². The Labute approximate surface area is 166 Å². The highest BCUT2D eigenvalue weighted by molar-refractivity contribution is 7.89. The topological polar surface area (TPSA) is 83.7 Å². The molecule has 1 heterocycles. The van der Waals surface area contributed by atoms with Gasteiger partial charge >= 0.3 is 0 Å². The highest BCUT2D eigenvalue weighted by Gasteiger charge is 2.31. The zero-order chi connectivity index (χ0) is 19.2. The number of sulfonamides is 1. The average molecular weight is 412 g/mol. The van der Waals surface area contributed by atoms with Gasteiger partial charge < -0.3 is 10.6 Å². The van der Waals surface area contributed by atoms with Crippen molar-refractivity contribution in [2.75, 3.05) is 25.5 Å². The van der Waals surface area contributed by atoms with E-state index in [1.165, 1.54) is 4.31 Å². The molecule has 0 saturated heterocycles. The zero-order valence-electron chi connectivity index (χ0n) is 16.0. The molecule has 0 bridgehead atoms. The molecule has 3 rings (SSSR count). The molecule has 2 aromatic carbocycles. The Morgan fingerprint density at radius 1 is 1.19 bits per heavy atom. The number of nitrogens with two attached hydrogens (primary N) is 1. The lowest BCUT2D eigenvalue weighted by atomic mass is 10.0. The van der Waals surface area contributed by atoms with Crippen LogP contribution in [0.4, 0.5) is 5.69 Å². The molecule has 27 heavy (non-hydrogen) atoms. The molecule has 0 radical (unpaired) electrons. The largest absolute Gasteiger partial charge is 0.327 e. The number of amides is 1. The van der Waals surface area contributed by atoms with Gasteiger partial charge in [0.1, 0.15) is 0 Å². The molecule has 6 nitrogen and oxygen atoms in total. The fourth-order valence-corrected chi connectivity index (χ4v) is 4.66. The van der Waals surface area contributed by atoms with Gasteiger partial charge in [0.05, 0.1) is 10.6 Å². The first kappa shape index (κ1) is 21.6. The number of carbonyl (C=O) groups is 1. The summed E-state index contributed by atoms with van der Waals surface area (Å²) < 4.78 is 27.6. The summed E-state index contributed by atoms with van der Waals surface area (Å²) in [7, 11) is -0.408. The number of hydrogen-bond donors (Lipinski definition) is 1. The Hall–Kier alpha value is -1.67. The molecule has 0 fully saturated rings. The van der Waals surface area contributed by atoms with E-state index in [2.05, 4.69) is 0 Å². The lowest BCUT2D eigenvalue weighted by Gasteiger charge is -2.22. The third-order valence-corrected chi connectivity index (χ3v) is 7.11. The van der Waals surface area contributed by atoms with Crippen molar-refractivity contribution in [2.24, 2.45) is 11.7 Å². The van der Waals surface area contributed by atoms with Gasteiger partial charge in [-0.15, -0.1) is 12.4 Å². The molecule has 0 aromatic heterocycles. The molecule has 0 saturated carbocycles. The number of benzene rings is 2. The van der Waals surface area contributed by atoms with E-state index in [1.807, 2.05) is 13.8 Å². The van der Waals surface area contributed by atoms with Crippen molar-refractivity contribution in [1.29, 1.82) is 0 Å². The van der Waals surface area contributed by atoms with Crippen LogP contribution in [0.5, 0.6) is 0 Å². The van der Waals surface area contributed by atoms with Crippen molar-refractivity contribution >= 4 is 44.8 Å². The van der Waals surface area contributed by atoms with Crippen molar-refractivity contribution in [3.63, 3.8) is 0 Å². The summed E-state index contributed by atoms with van der Waals surface area (Å²) in [5.74, 6) is 0.181. The van der Waals surface area contributed by atoms with Crippen LogP contribution in [0, 0.1) is 5.92 Å². The number of hydrogen-bond acceptors (Lipinski definition) is 4. The Bertz CT molecular complexity index is 976. The number of anilines is 1. The molecule has 8 heteroatoms. The zero-order valence-corrected chi connectivity index (χ0v) is 17.6. The second-order valence-electron chi connectivity index (χ2n) is 7.20. The normalized spacial score (nSPS) is 14.9. The molecule has 1 amide bonds. The van der Waals surface area contributed by atoms with Crippen LogP contribution >= 0.6 is 12.4 Å². The predicted octanol–water partition coefficient (Wildman–Crippen LogP) is 2.85. The Balaban J connectivity index is 0.00000261. The van der Waals surface area contributed by atoms with Crippen LogP contribution in [0.1, 0.15) is 30.6 Å². The van der Waals surface area contributed by atoms with Crippen molar-refractivity contribution in [3.8, 4) is 0 Å². The Morgan fingerprint density at radius 2 is 1.85 bits per heavy atom. The predicted molar refractivity (Wildman–Crippen MR) is 111 cm³/mol. The highest BCUT2D eigenvalue weighted by Crippen LogP contribution is 2.39. The van der Waals surface area contributed by atoms with E-state index >= 15 is 0 Å². The van der Waals surface area contributed by atoms with Gasteiger partial charge in [-0.1, -0.05) is 26.0 Å². The molecule has 2 N–H and O–H groups in total. The molecule has 1 aliphatic rings. The molecule has 2 aromatic rings. The third kappa shape index (κ3) is 3.57. The summed E-state index contributed by atoms with van der Waals surface area (Å²) in [4.78, 5) is 14.1. The monoisotopic (exact) mass is 411 g/mol. The van der Waals surface area contributed by atoms with Crippen LogP contribution < -0.4 is 10.6 Å². The smallest absolute Gasteiger partial charge is 0.258 e. The van der Waals surface area contributed by atoms with Gasteiger partial charge in [0, 0.05) is 43.0 Å². The summed E-state index contributed by atoms with van der Waals surface area (Å²) in [6.07, 6.45) is 0.593. The fourth-order valence-electron chi connectivity index (χ4n) is 3.29. The molecule has 0 aliphatic carbocycles. The minimum Gasteiger partial charge on any atom is -0.327 e. The maximum Gasteiger partial charge on any atom is 0.258 e. The van der Waals surface area contributed by atoms with E-state index in [9.17, 15) is 13.2 Å². The minimum absolute atomic E-state index is 0. The van der Waals surface area contributed by atoms with E-state index in [-0.39, 0.29) is 29.3 Å². The maximum absolute atomic E-state index is 13.1. The Kier molecular flexibility index (Phi) is 6.21. The first-order valence-electron chi connectivity index (χ1n) is 8.72. The summed E-state index contributed by atoms with van der Waals surface area (Å²) >= 11 is 0. The van der Waals surface area contributed by atoms with E-state index in [4.69, 9.17) is 5.73 Å². The van der Waals surface area contributed by atoms with Crippen molar-refractivity contribution in [1.82, 2.24) is 4.31 Å². The SMILES string of the molecule is CC(C)C(N)CCN(C)S(=O)(=O)c1ccc2c3c(cccc13)C(=O)N2C.Cl. The molecule has 1 aliphatic heterocycles. The lowest BCUT2D eigenvalue weighted by molar-refractivity contribution is 0.0999. The van der Waals surface area contributed by atoms with Crippen LogP contribution in [0.15, 0.2) is 35.2 Å². The molecule has 1 unspecified atom stereocenters. The van der Waals surface area contributed by atoms with Crippen LogP contribution in [-0.2, 0) is 10.0 Å². The standard InChI is InChI=1S/C19H25N3O3S.ClH/c1-12(2)15(20)10-11-21(3)26(24,25)17-9-8-16-18-13(17)6-5-7-14(18)19(23)22(16)4;/h5-9,12,15H,10-11,20H2,1-4H3;1H. The van der Waals surface area contributed by atoms with E-state index in [1.54, 1.807) is 49.3 Å². The van der Waals surface area contributed by atoms with Crippen LogP contribution in [0.3, 0.4) is 0 Å². The highest BCUT2D eigenvalue weighted by atomic mass is 35.5. The van der Waals surface area contributed by atoms with E-state index in [0.29, 0.717) is 35.2 Å². The molecular formula is C19H26ClN3O3S. The summed E-state index contributed by atoms with van der Waals surface area (Å²) in [5.41, 5.74) is 7.33. The van der Waals surface area contributed by atoms with Crippen LogP contribution in [-0.4, -0.2) is 45.3 Å². The third-order valence-electron chi connectivity index (χ3n) is 5.20. The van der Waals surface area contributed by atoms with Crippen molar-refractivity contribution in [2.45, 2.75) is 31.2 Å². The minimum atomic E-state index is -3.68. The quantitative estimate of drug-likeness (QED) is 0.792. The van der Waals surface area contributed by atoms with Crippen LogP contribution in [0.25, 0.3) is 10.8 Å². The summed E-state index contributed by atoms with van der Waals surface area (Å²) in [6.45, 7) is 4.40. The first-order chi connectivity index (χ1) is 12.2. The van der Waals surface area contributed by atoms with Gasteiger partial charge in [-0.3, -0.25) is 4.79 Å². The molecule has 1 atom stereocenters. The average Bonchev–Trinajstić information content (AvgIpc) is 2.86. The van der Waals surface area contributed by atoms with E-state index in [0.717, 1.165) is 5.69 Å². The van der Waals surface area contributed by atoms with Gasteiger partial charge in [0.25, 0.3) is 5.91 Å². The number of nitrogens with zero attached hydrogens (tertiary/aromatic N) is 2. The number of rotatable bonds is 6. The number of halogens is 1. The van der Waals surface area contributed by atoms with Crippen molar-refractivity contribution in [3.05, 3.63) is 35.9 Å².